The number of piperidine rings is 1. The van der Waals surface area contributed by atoms with Crippen molar-refractivity contribution >= 4 is 42.6 Å². The quantitative estimate of drug-likeness (QED) is 0.771. The highest BCUT2D eigenvalue weighted by atomic mass is 32.2. The minimum atomic E-state index is -3.47. The molecule has 1 amide bonds. The van der Waals surface area contributed by atoms with Crippen LogP contribution in [0.2, 0.25) is 0 Å². The van der Waals surface area contributed by atoms with Crippen molar-refractivity contribution < 1.29 is 13.2 Å². The third kappa shape index (κ3) is 3.17. The Hall–Kier alpha value is -1.77. The van der Waals surface area contributed by atoms with Crippen LogP contribution in [0, 0.1) is 17.8 Å². The molecule has 3 atom stereocenters. The van der Waals surface area contributed by atoms with Crippen LogP contribution in [0.5, 0.6) is 0 Å². The molecule has 148 valence electrons. The fraction of sp³-hybridized carbons (Fsp3) is 0.500. The summed E-state index contributed by atoms with van der Waals surface area (Å²) in [5.41, 5.74) is 0.714. The molecule has 2 fully saturated rings. The van der Waals surface area contributed by atoms with E-state index in [-0.39, 0.29) is 11.8 Å². The standard InChI is InChI=1S/C20H23N3O3S2/c24-19(16-11-13-4-5-14(16)10-13)22-20-21-17-7-6-15(12-18(17)27-20)28(25,26)23-8-2-1-3-9-23/h4-7,12-14,16H,1-3,8-11H2,(H,21,22,24)/t13-,14-,16+/m0/s1. The fourth-order valence-corrected chi connectivity index (χ4v) is 7.18. The van der Waals surface area contributed by atoms with Crippen LogP contribution in [0.15, 0.2) is 35.2 Å². The van der Waals surface area contributed by atoms with Crippen molar-refractivity contribution in [2.45, 2.75) is 37.0 Å². The number of nitrogens with one attached hydrogen (secondary N) is 1. The molecule has 6 nitrogen and oxygen atoms in total. The molecule has 1 aromatic heterocycles. The van der Waals surface area contributed by atoms with Crippen LogP contribution in [-0.2, 0) is 14.8 Å². The summed E-state index contributed by atoms with van der Waals surface area (Å²) < 4.78 is 28.1. The lowest BCUT2D eigenvalue weighted by molar-refractivity contribution is -0.120. The van der Waals surface area contributed by atoms with Gasteiger partial charge in [-0.25, -0.2) is 13.4 Å². The van der Waals surface area contributed by atoms with Gasteiger partial charge < -0.3 is 5.32 Å². The average Bonchev–Trinajstić information content (AvgIpc) is 3.43. The van der Waals surface area contributed by atoms with E-state index in [4.69, 9.17) is 0 Å². The molecule has 2 bridgehead atoms. The summed E-state index contributed by atoms with van der Waals surface area (Å²) in [6.07, 6.45) is 9.28. The smallest absolute Gasteiger partial charge is 0.243 e. The van der Waals surface area contributed by atoms with E-state index in [2.05, 4.69) is 22.5 Å². The van der Waals surface area contributed by atoms with Gasteiger partial charge in [-0.05, 0) is 55.7 Å². The molecule has 5 rings (SSSR count). The summed E-state index contributed by atoms with van der Waals surface area (Å²) >= 11 is 1.34. The number of fused-ring (bicyclic) bond motifs is 3. The Balaban J connectivity index is 1.36. The van der Waals surface area contributed by atoms with Crippen LogP contribution in [0.4, 0.5) is 5.13 Å². The molecule has 1 aromatic carbocycles. The van der Waals surface area contributed by atoms with E-state index in [1.54, 1.807) is 22.5 Å². The van der Waals surface area contributed by atoms with Crippen LogP contribution in [-0.4, -0.2) is 36.7 Å². The van der Waals surface area contributed by atoms with Crippen molar-refractivity contribution in [3.8, 4) is 0 Å². The SMILES string of the molecule is O=C(Nc1nc2ccc(S(=O)(=O)N3CCCCC3)cc2s1)[C@@H]1C[C@H]2C=C[C@H]1C2. The van der Waals surface area contributed by atoms with E-state index in [0.29, 0.717) is 40.5 Å². The average molecular weight is 418 g/mol. The zero-order valence-electron chi connectivity index (χ0n) is 15.5. The first-order chi connectivity index (χ1) is 13.5. The van der Waals surface area contributed by atoms with E-state index in [1.807, 2.05) is 0 Å². The summed E-state index contributed by atoms with van der Waals surface area (Å²) in [5, 5.41) is 3.50. The minimum absolute atomic E-state index is 0.0250. The van der Waals surface area contributed by atoms with Gasteiger partial charge in [-0.1, -0.05) is 29.9 Å². The number of rotatable bonds is 4. The van der Waals surface area contributed by atoms with Gasteiger partial charge in [0.15, 0.2) is 5.13 Å². The third-order valence-electron chi connectivity index (χ3n) is 6.16. The molecule has 1 aliphatic heterocycles. The number of allylic oxidation sites excluding steroid dienone is 2. The fourth-order valence-electron chi connectivity index (χ4n) is 4.65. The Kier molecular flexibility index (Phi) is 4.52. The molecule has 8 heteroatoms. The zero-order valence-corrected chi connectivity index (χ0v) is 17.1. The number of hydrogen-bond acceptors (Lipinski definition) is 5. The summed E-state index contributed by atoms with van der Waals surface area (Å²) in [6.45, 7) is 1.17. The number of anilines is 1. The van der Waals surface area contributed by atoms with Gasteiger partial charge in [0.25, 0.3) is 0 Å². The number of carbonyl (C=O) groups excluding carboxylic acids is 1. The van der Waals surface area contributed by atoms with Crippen molar-refractivity contribution in [1.29, 1.82) is 0 Å². The number of aromatic nitrogens is 1. The number of hydrogen-bond donors (Lipinski definition) is 1. The lowest BCUT2D eigenvalue weighted by Crippen LogP contribution is -2.35. The summed E-state index contributed by atoms with van der Waals surface area (Å²) in [5.74, 6) is 0.938. The Labute approximate surface area is 168 Å². The van der Waals surface area contributed by atoms with Crippen molar-refractivity contribution in [2.24, 2.45) is 17.8 Å². The van der Waals surface area contributed by atoms with Gasteiger partial charge in [0.05, 0.1) is 15.1 Å². The Bertz CT molecular complexity index is 1050. The molecule has 2 aromatic rings. The second-order valence-electron chi connectivity index (χ2n) is 7.99. The van der Waals surface area contributed by atoms with Crippen molar-refractivity contribution in [3.63, 3.8) is 0 Å². The van der Waals surface area contributed by atoms with Gasteiger partial charge in [-0.2, -0.15) is 4.31 Å². The van der Waals surface area contributed by atoms with Crippen molar-refractivity contribution in [3.05, 3.63) is 30.4 Å². The Morgan fingerprint density at radius 2 is 1.96 bits per heavy atom. The molecule has 2 aliphatic carbocycles. The predicted molar refractivity (Wildman–Crippen MR) is 110 cm³/mol. The van der Waals surface area contributed by atoms with E-state index in [9.17, 15) is 13.2 Å². The summed E-state index contributed by atoms with van der Waals surface area (Å²) in [7, 11) is -3.47. The van der Waals surface area contributed by atoms with E-state index < -0.39 is 10.0 Å². The molecule has 0 unspecified atom stereocenters. The second kappa shape index (κ2) is 6.93. The topological polar surface area (TPSA) is 79.4 Å². The van der Waals surface area contributed by atoms with Crippen LogP contribution in [0.1, 0.15) is 32.1 Å². The first kappa shape index (κ1) is 18.3. The summed E-state index contributed by atoms with van der Waals surface area (Å²) in [6, 6.07) is 5.05. The van der Waals surface area contributed by atoms with Crippen LogP contribution in [0.25, 0.3) is 10.2 Å². The summed E-state index contributed by atoms with van der Waals surface area (Å²) in [4.78, 5) is 17.4. The van der Waals surface area contributed by atoms with Gasteiger partial charge in [0, 0.05) is 19.0 Å². The molecule has 28 heavy (non-hydrogen) atoms. The zero-order chi connectivity index (χ0) is 19.3. The molecule has 1 saturated carbocycles. The maximum absolute atomic E-state index is 12.9. The molecular weight excluding hydrogens is 394 g/mol. The normalized spacial score (nSPS) is 27.5. The predicted octanol–water partition coefficient (Wildman–Crippen LogP) is 3.62. The first-order valence-electron chi connectivity index (χ1n) is 9.91. The van der Waals surface area contributed by atoms with Gasteiger partial charge >= 0.3 is 0 Å². The van der Waals surface area contributed by atoms with Crippen LogP contribution in [0.3, 0.4) is 0 Å². The Morgan fingerprint density at radius 3 is 2.68 bits per heavy atom. The molecular formula is C20H23N3O3S2. The van der Waals surface area contributed by atoms with Gasteiger partial charge in [-0.3, -0.25) is 4.79 Å². The Morgan fingerprint density at radius 1 is 1.14 bits per heavy atom. The van der Waals surface area contributed by atoms with E-state index in [0.717, 1.165) is 36.8 Å². The molecule has 0 radical (unpaired) electrons. The number of carbonyl (C=O) groups is 1. The van der Waals surface area contributed by atoms with Gasteiger partial charge in [0.1, 0.15) is 0 Å². The molecule has 1 N–H and O–H groups in total. The molecule has 0 spiro atoms. The number of benzene rings is 1. The first-order valence-corrected chi connectivity index (χ1v) is 12.2. The number of sulfonamides is 1. The molecule has 3 aliphatic rings. The lowest BCUT2D eigenvalue weighted by Gasteiger charge is -2.25. The maximum Gasteiger partial charge on any atom is 0.243 e. The van der Waals surface area contributed by atoms with Crippen LogP contribution < -0.4 is 5.32 Å². The largest absolute Gasteiger partial charge is 0.302 e. The maximum atomic E-state index is 12.9. The van der Waals surface area contributed by atoms with E-state index in [1.165, 1.54) is 11.3 Å². The highest BCUT2D eigenvalue weighted by Gasteiger charge is 2.40. The van der Waals surface area contributed by atoms with Crippen molar-refractivity contribution in [2.75, 3.05) is 18.4 Å². The van der Waals surface area contributed by atoms with Crippen LogP contribution >= 0.6 is 11.3 Å². The minimum Gasteiger partial charge on any atom is -0.302 e. The van der Waals surface area contributed by atoms with Gasteiger partial charge in [0.2, 0.25) is 15.9 Å². The lowest BCUT2D eigenvalue weighted by atomic mass is 9.93. The highest BCUT2D eigenvalue weighted by Crippen LogP contribution is 2.44. The second-order valence-corrected chi connectivity index (χ2v) is 11.0. The molecule has 1 saturated heterocycles. The molecule has 2 heterocycles. The van der Waals surface area contributed by atoms with Crippen molar-refractivity contribution in [1.82, 2.24) is 9.29 Å². The number of nitrogens with zero attached hydrogens (tertiary/aromatic N) is 2. The van der Waals surface area contributed by atoms with E-state index >= 15 is 0 Å². The van der Waals surface area contributed by atoms with Gasteiger partial charge in [-0.15, -0.1) is 0 Å². The monoisotopic (exact) mass is 417 g/mol. The highest BCUT2D eigenvalue weighted by molar-refractivity contribution is 7.89. The third-order valence-corrected chi connectivity index (χ3v) is 8.99. The number of thiazole rings is 1. The number of amides is 1.